The smallest absolute Gasteiger partial charge is 0.125 e. The number of nitrogens with zero attached hydrogens (tertiary/aromatic N) is 1. The van der Waals surface area contributed by atoms with Gasteiger partial charge in [0.05, 0.1) is 6.61 Å². The van der Waals surface area contributed by atoms with Crippen molar-refractivity contribution in [3.63, 3.8) is 0 Å². The first-order valence-corrected chi connectivity index (χ1v) is 7.02. The highest BCUT2D eigenvalue weighted by atomic mass is 16.5. The van der Waals surface area contributed by atoms with Crippen molar-refractivity contribution in [2.45, 2.75) is 26.7 Å². The van der Waals surface area contributed by atoms with Gasteiger partial charge < -0.3 is 10.5 Å². The number of aryl methyl sites for hydroxylation is 2. The highest BCUT2D eigenvalue weighted by Gasteiger charge is 2.06. The fourth-order valence-corrected chi connectivity index (χ4v) is 2.40. The summed E-state index contributed by atoms with van der Waals surface area (Å²) in [5.41, 5.74) is 10.4. The maximum atomic E-state index is 5.95. The molecule has 0 radical (unpaired) electrons. The zero-order valence-electron chi connectivity index (χ0n) is 12.2. The third-order valence-electron chi connectivity index (χ3n) is 3.31. The lowest BCUT2D eigenvalue weighted by Crippen LogP contribution is -2.06. The molecule has 1 aromatic carbocycles. The molecule has 0 saturated carbocycles. The lowest BCUT2D eigenvalue weighted by atomic mass is 10.0. The summed E-state index contributed by atoms with van der Waals surface area (Å²) >= 11 is 0. The largest absolute Gasteiger partial charge is 0.493 e. The second-order valence-corrected chi connectivity index (χ2v) is 5.06. The minimum absolute atomic E-state index is 0.670. The molecule has 3 nitrogen and oxygen atoms in total. The lowest BCUT2D eigenvalue weighted by molar-refractivity contribution is 0.317. The summed E-state index contributed by atoms with van der Waals surface area (Å²) in [5, 5.41) is 0. The van der Waals surface area contributed by atoms with E-state index in [4.69, 9.17) is 10.5 Å². The van der Waals surface area contributed by atoms with Crippen molar-refractivity contribution < 1.29 is 4.74 Å². The summed E-state index contributed by atoms with van der Waals surface area (Å²) in [4.78, 5) is 4.11. The van der Waals surface area contributed by atoms with Crippen LogP contribution in [0.1, 0.15) is 22.3 Å². The monoisotopic (exact) mass is 270 g/mol. The van der Waals surface area contributed by atoms with Crippen LogP contribution in [0.3, 0.4) is 0 Å². The maximum absolute atomic E-state index is 5.95. The van der Waals surface area contributed by atoms with E-state index in [1.54, 1.807) is 6.20 Å². The van der Waals surface area contributed by atoms with Gasteiger partial charge in [-0.2, -0.15) is 0 Å². The Bertz CT molecular complexity index is 529. The Morgan fingerprint density at radius 2 is 1.85 bits per heavy atom. The number of aromatic nitrogens is 1. The molecule has 2 N–H and O–H groups in total. The van der Waals surface area contributed by atoms with Crippen LogP contribution >= 0.6 is 0 Å². The van der Waals surface area contributed by atoms with E-state index in [0.717, 1.165) is 18.6 Å². The Morgan fingerprint density at radius 1 is 1.10 bits per heavy atom. The van der Waals surface area contributed by atoms with Gasteiger partial charge in [0.1, 0.15) is 5.75 Å². The Hall–Kier alpha value is -1.87. The van der Waals surface area contributed by atoms with Crippen LogP contribution in [0.5, 0.6) is 5.75 Å². The van der Waals surface area contributed by atoms with E-state index in [1.807, 2.05) is 12.3 Å². The number of hydrogen-bond acceptors (Lipinski definition) is 3. The first-order valence-electron chi connectivity index (χ1n) is 7.02. The van der Waals surface area contributed by atoms with Crippen LogP contribution < -0.4 is 10.5 Å². The molecule has 0 spiro atoms. The van der Waals surface area contributed by atoms with Crippen molar-refractivity contribution in [1.82, 2.24) is 4.98 Å². The fraction of sp³-hybridized carbons (Fsp3) is 0.353. The summed E-state index contributed by atoms with van der Waals surface area (Å²) in [6.07, 6.45) is 5.46. The van der Waals surface area contributed by atoms with Crippen LogP contribution in [0.4, 0.5) is 0 Å². The van der Waals surface area contributed by atoms with Gasteiger partial charge in [-0.1, -0.05) is 18.2 Å². The molecule has 0 aliphatic heterocycles. The number of rotatable bonds is 6. The van der Waals surface area contributed by atoms with Gasteiger partial charge in [0.25, 0.3) is 0 Å². The molecule has 0 aliphatic rings. The van der Waals surface area contributed by atoms with E-state index in [1.165, 1.54) is 22.3 Å². The maximum Gasteiger partial charge on any atom is 0.125 e. The van der Waals surface area contributed by atoms with Crippen molar-refractivity contribution in [2.24, 2.45) is 5.73 Å². The highest BCUT2D eigenvalue weighted by molar-refractivity contribution is 5.43. The van der Waals surface area contributed by atoms with Crippen molar-refractivity contribution >= 4 is 0 Å². The normalized spacial score (nSPS) is 10.6. The average Bonchev–Trinajstić information content (AvgIpc) is 2.43. The van der Waals surface area contributed by atoms with Crippen LogP contribution in [0.25, 0.3) is 0 Å². The zero-order valence-corrected chi connectivity index (χ0v) is 12.2. The Labute approximate surface area is 120 Å². The summed E-state index contributed by atoms with van der Waals surface area (Å²) in [7, 11) is 0. The Kier molecular flexibility index (Phi) is 5.13. The minimum Gasteiger partial charge on any atom is -0.493 e. The molecule has 0 fully saturated rings. The third-order valence-corrected chi connectivity index (χ3v) is 3.31. The quantitative estimate of drug-likeness (QED) is 0.878. The van der Waals surface area contributed by atoms with Crippen LogP contribution in [-0.4, -0.2) is 18.1 Å². The topological polar surface area (TPSA) is 48.1 Å². The molecular weight excluding hydrogens is 248 g/mol. The molecule has 0 atom stereocenters. The predicted molar refractivity (Wildman–Crippen MR) is 82.1 cm³/mol. The zero-order chi connectivity index (χ0) is 14.4. The first-order chi connectivity index (χ1) is 9.70. The molecule has 0 unspecified atom stereocenters. The Balaban J connectivity index is 1.99. The van der Waals surface area contributed by atoms with E-state index in [-0.39, 0.29) is 0 Å². The summed E-state index contributed by atoms with van der Waals surface area (Å²) < 4.78 is 5.95. The molecule has 2 aromatic rings. The number of pyridine rings is 1. The SMILES string of the molecule is Cc1cc(CCN)cc(C)c1OCCc1cccnc1. The number of hydrogen-bond donors (Lipinski definition) is 1. The van der Waals surface area contributed by atoms with Gasteiger partial charge in [-0.05, 0) is 55.1 Å². The van der Waals surface area contributed by atoms with Gasteiger partial charge in [0, 0.05) is 18.8 Å². The molecule has 20 heavy (non-hydrogen) atoms. The van der Waals surface area contributed by atoms with Crippen molar-refractivity contribution in [3.8, 4) is 5.75 Å². The second-order valence-electron chi connectivity index (χ2n) is 5.06. The van der Waals surface area contributed by atoms with Crippen LogP contribution in [0.15, 0.2) is 36.7 Å². The molecule has 0 saturated heterocycles. The van der Waals surface area contributed by atoms with Crippen LogP contribution in [-0.2, 0) is 12.8 Å². The van der Waals surface area contributed by atoms with E-state index < -0.39 is 0 Å². The third kappa shape index (κ3) is 3.81. The summed E-state index contributed by atoms with van der Waals surface area (Å²) in [6, 6.07) is 8.35. The minimum atomic E-state index is 0.670. The van der Waals surface area contributed by atoms with Gasteiger partial charge >= 0.3 is 0 Å². The molecule has 1 aromatic heterocycles. The second kappa shape index (κ2) is 7.06. The van der Waals surface area contributed by atoms with E-state index in [9.17, 15) is 0 Å². The molecule has 2 rings (SSSR count). The van der Waals surface area contributed by atoms with Gasteiger partial charge in [-0.25, -0.2) is 0 Å². The van der Waals surface area contributed by atoms with E-state index in [2.05, 4.69) is 37.0 Å². The molecule has 0 bridgehead atoms. The van der Waals surface area contributed by atoms with Crippen LogP contribution in [0, 0.1) is 13.8 Å². The molecule has 0 aliphatic carbocycles. The molecule has 3 heteroatoms. The van der Waals surface area contributed by atoms with Gasteiger partial charge in [0.15, 0.2) is 0 Å². The molecule has 106 valence electrons. The van der Waals surface area contributed by atoms with Crippen molar-refractivity contribution in [1.29, 1.82) is 0 Å². The predicted octanol–water partition coefficient (Wildman–Crippen LogP) is 2.82. The van der Waals surface area contributed by atoms with E-state index >= 15 is 0 Å². The summed E-state index contributed by atoms with van der Waals surface area (Å²) in [6.45, 7) is 5.53. The Morgan fingerprint density at radius 3 is 2.45 bits per heavy atom. The standard InChI is InChI=1S/C17H22N2O/c1-13-10-16(5-7-18)11-14(2)17(13)20-9-6-15-4-3-8-19-12-15/h3-4,8,10-12H,5-7,9,18H2,1-2H3. The average molecular weight is 270 g/mol. The van der Waals surface area contributed by atoms with Crippen molar-refractivity contribution in [3.05, 3.63) is 58.9 Å². The highest BCUT2D eigenvalue weighted by Crippen LogP contribution is 2.25. The molecule has 1 heterocycles. The van der Waals surface area contributed by atoms with Crippen molar-refractivity contribution in [2.75, 3.05) is 13.2 Å². The fourth-order valence-electron chi connectivity index (χ4n) is 2.40. The van der Waals surface area contributed by atoms with E-state index in [0.29, 0.717) is 13.2 Å². The first kappa shape index (κ1) is 14.5. The van der Waals surface area contributed by atoms with Gasteiger partial charge in [0.2, 0.25) is 0 Å². The molecule has 0 amide bonds. The lowest BCUT2D eigenvalue weighted by Gasteiger charge is -2.14. The number of nitrogens with two attached hydrogens (primary N) is 1. The van der Waals surface area contributed by atoms with Crippen LogP contribution in [0.2, 0.25) is 0 Å². The summed E-state index contributed by atoms with van der Waals surface area (Å²) in [5.74, 6) is 0.995. The van der Waals surface area contributed by atoms with Gasteiger partial charge in [-0.15, -0.1) is 0 Å². The number of ether oxygens (including phenoxy) is 1. The molecular formula is C17H22N2O. The van der Waals surface area contributed by atoms with Gasteiger partial charge in [-0.3, -0.25) is 4.98 Å². The number of benzene rings is 1.